The van der Waals surface area contributed by atoms with Gasteiger partial charge in [0, 0.05) is 6.07 Å². The maximum atomic E-state index is 11.8. The summed E-state index contributed by atoms with van der Waals surface area (Å²) in [5, 5.41) is 0.292. The van der Waals surface area contributed by atoms with Gasteiger partial charge in [0.1, 0.15) is 5.15 Å². The summed E-state index contributed by atoms with van der Waals surface area (Å²) in [6.07, 6.45) is 0. The average molecular weight is 248 g/mol. The van der Waals surface area contributed by atoms with Crippen molar-refractivity contribution in [2.24, 2.45) is 0 Å². The van der Waals surface area contributed by atoms with E-state index in [1.165, 1.54) is 0 Å². The van der Waals surface area contributed by atoms with Crippen molar-refractivity contribution in [1.82, 2.24) is 4.98 Å². The van der Waals surface area contributed by atoms with Crippen molar-refractivity contribution < 1.29 is 9.53 Å². The summed E-state index contributed by atoms with van der Waals surface area (Å²) >= 11 is 5.70. The van der Waals surface area contributed by atoms with Crippen LogP contribution in [-0.2, 0) is 0 Å². The van der Waals surface area contributed by atoms with Crippen LogP contribution in [0, 0.1) is 6.92 Å². The quantitative estimate of drug-likeness (QED) is 0.604. The lowest BCUT2D eigenvalue weighted by Crippen LogP contribution is -2.10. The summed E-state index contributed by atoms with van der Waals surface area (Å²) in [5.74, 6) is -0.233. The van der Waals surface area contributed by atoms with E-state index in [2.05, 4.69) is 4.98 Å². The summed E-state index contributed by atoms with van der Waals surface area (Å²) in [6.45, 7) is 1.85. The van der Waals surface area contributed by atoms with Gasteiger partial charge in [0.25, 0.3) is 0 Å². The second kappa shape index (κ2) is 4.97. The van der Waals surface area contributed by atoms with E-state index in [0.29, 0.717) is 10.7 Å². The molecular weight excluding hydrogens is 238 g/mol. The Hall–Kier alpha value is -1.87. The van der Waals surface area contributed by atoms with Gasteiger partial charge in [0.15, 0.2) is 0 Å². The van der Waals surface area contributed by atoms with Gasteiger partial charge in [-0.25, -0.2) is 9.78 Å². The standard InChI is InChI=1S/C13H10ClNO2/c1-9-5-2-3-6-10(9)13(16)17-12-8-4-7-11(14)15-12/h2-8H,1H3. The Kier molecular flexibility index (Phi) is 3.40. The van der Waals surface area contributed by atoms with Crippen molar-refractivity contribution in [3.8, 4) is 5.88 Å². The molecule has 0 radical (unpaired) electrons. The van der Waals surface area contributed by atoms with Crippen LogP contribution in [0.15, 0.2) is 42.5 Å². The first-order valence-electron chi connectivity index (χ1n) is 5.07. The van der Waals surface area contributed by atoms with Gasteiger partial charge in [0.2, 0.25) is 5.88 Å². The van der Waals surface area contributed by atoms with Crippen LogP contribution < -0.4 is 4.74 Å². The molecule has 4 heteroatoms. The zero-order chi connectivity index (χ0) is 12.3. The summed E-state index contributed by atoms with van der Waals surface area (Å²) in [5.41, 5.74) is 1.38. The Morgan fingerprint density at radius 1 is 1.18 bits per heavy atom. The molecule has 0 unspecified atom stereocenters. The van der Waals surface area contributed by atoms with Crippen molar-refractivity contribution in [3.05, 3.63) is 58.7 Å². The second-order valence-electron chi connectivity index (χ2n) is 3.50. The van der Waals surface area contributed by atoms with E-state index in [9.17, 15) is 4.79 Å². The number of aryl methyl sites for hydroxylation is 1. The van der Waals surface area contributed by atoms with E-state index < -0.39 is 5.97 Å². The van der Waals surface area contributed by atoms with Gasteiger partial charge in [-0.3, -0.25) is 0 Å². The molecule has 2 rings (SSSR count). The Bertz CT molecular complexity index is 555. The molecular formula is C13H10ClNO2. The summed E-state index contributed by atoms with van der Waals surface area (Å²) < 4.78 is 5.13. The fourth-order valence-electron chi connectivity index (χ4n) is 1.40. The highest BCUT2D eigenvalue weighted by atomic mass is 35.5. The normalized spacial score (nSPS) is 10.0. The number of nitrogens with zero attached hydrogens (tertiary/aromatic N) is 1. The molecule has 0 amide bonds. The van der Waals surface area contributed by atoms with E-state index in [4.69, 9.17) is 16.3 Å². The molecule has 0 aliphatic rings. The van der Waals surface area contributed by atoms with E-state index in [0.717, 1.165) is 5.56 Å². The van der Waals surface area contributed by atoms with Crippen LogP contribution in [0.5, 0.6) is 5.88 Å². The lowest BCUT2D eigenvalue weighted by molar-refractivity contribution is 0.0727. The summed E-state index contributed by atoms with van der Waals surface area (Å²) in [4.78, 5) is 15.7. The Labute approximate surface area is 104 Å². The van der Waals surface area contributed by atoms with Crippen molar-refractivity contribution in [2.75, 3.05) is 0 Å². The van der Waals surface area contributed by atoms with Gasteiger partial charge in [0.05, 0.1) is 5.56 Å². The van der Waals surface area contributed by atoms with Crippen LogP contribution in [0.1, 0.15) is 15.9 Å². The Morgan fingerprint density at radius 2 is 1.94 bits per heavy atom. The number of hydrogen-bond donors (Lipinski definition) is 0. The molecule has 0 saturated heterocycles. The van der Waals surface area contributed by atoms with Crippen molar-refractivity contribution >= 4 is 17.6 Å². The maximum Gasteiger partial charge on any atom is 0.345 e. The average Bonchev–Trinajstić information content (AvgIpc) is 2.29. The number of rotatable bonds is 2. The number of halogens is 1. The molecule has 86 valence electrons. The first-order chi connectivity index (χ1) is 8.16. The van der Waals surface area contributed by atoms with Gasteiger partial charge in [-0.15, -0.1) is 0 Å². The molecule has 0 saturated carbocycles. The highest BCUT2D eigenvalue weighted by Crippen LogP contribution is 2.14. The molecule has 0 atom stereocenters. The molecule has 1 heterocycles. The molecule has 0 spiro atoms. The lowest BCUT2D eigenvalue weighted by Gasteiger charge is -2.05. The minimum absolute atomic E-state index is 0.200. The zero-order valence-electron chi connectivity index (χ0n) is 9.18. The number of carbonyl (C=O) groups excluding carboxylic acids is 1. The predicted molar refractivity (Wildman–Crippen MR) is 65.4 cm³/mol. The largest absolute Gasteiger partial charge is 0.404 e. The first kappa shape index (κ1) is 11.6. The van der Waals surface area contributed by atoms with E-state index in [1.54, 1.807) is 30.3 Å². The molecule has 3 nitrogen and oxygen atoms in total. The van der Waals surface area contributed by atoms with Crippen molar-refractivity contribution in [3.63, 3.8) is 0 Å². The first-order valence-corrected chi connectivity index (χ1v) is 5.45. The topological polar surface area (TPSA) is 39.2 Å². The molecule has 0 bridgehead atoms. The molecule has 0 N–H and O–H groups in total. The maximum absolute atomic E-state index is 11.8. The van der Waals surface area contributed by atoms with E-state index >= 15 is 0 Å². The number of aromatic nitrogens is 1. The molecule has 2 aromatic rings. The van der Waals surface area contributed by atoms with Crippen LogP contribution in [0.4, 0.5) is 0 Å². The van der Waals surface area contributed by atoms with Crippen molar-refractivity contribution in [2.45, 2.75) is 6.92 Å². The van der Waals surface area contributed by atoms with Crippen LogP contribution in [0.2, 0.25) is 5.15 Å². The molecule has 0 aliphatic carbocycles. The minimum atomic E-state index is -0.433. The zero-order valence-corrected chi connectivity index (χ0v) is 9.94. The highest BCUT2D eigenvalue weighted by Gasteiger charge is 2.11. The summed E-state index contributed by atoms with van der Waals surface area (Å²) in [7, 11) is 0. The highest BCUT2D eigenvalue weighted by molar-refractivity contribution is 6.29. The Balaban J connectivity index is 2.20. The molecule has 1 aromatic heterocycles. The Morgan fingerprint density at radius 3 is 2.65 bits per heavy atom. The fourth-order valence-corrected chi connectivity index (χ4v) is 1.55. The van der Waals surface area contributed by atoms with Crippen molar-refractivity contribution in [1.29, 1.82) is 0 Å². The van der Waals surface area contributed by atoms with E-state index in [-0.39, 0.29) is 5.88 Å². The lowest BCUT2D eigenvalue weighted by atomic mass is 10.1. The number of benzene rings is 1. The van der Waals surface area contributed by atoms with Gasteiger partial charge in [-0.05, 0) is 24.6 Å². The number of carbonyl (C=O) groups is 1. The predicted octanol–water partition coefficient (Wildman–Crippen LogP) is 3.26. The minimum Gasteiger partial charge on any atom is -0.404 e. The van der Waals surface area contributed by atoms with Crippen LogP contribution in [0.3, 0.4) is 0 Å². The monoisotopic (exact) mass is 247 g/mol. The third-order valence-corrected chi connectivity index (χ3v) is 2.46. The molecule has 1 aromatic carbocycles. The number of ether oxygens (including phenoxy) is 1. The van der Waals surface area contributed by atoms with Crippen LogP contribution in [-0.4, -0.2) is 11.0 Å². The second-order valence-corrected chi connectivity index (χ2v) is 3.89. The molecule has 17 heavy (non-hydrogen) atoms. The third-order valence-electron chi connectivity index (χ3n) is 2.25. The number of esters is 1. The number of pyridine rings is 1. The van der Waals surface area contributed by atoms with Crippen LogP contribution >= 0.6 is 11.6 Å². The fraction of sp³-hybridized carbons (Fsp3) is 0.0769. The molecule has 0 aliphatic heterocycles. The number of hydrogen-bond acceptors (Lipinski definition) is 3. The SMILES string of the molecule is Cc1ccccc1C(=O)Oc1cccc(Cl)n1. The van der Waals surface area contributed by atoms with Gasteiger partial charge < -0.3 is 4.74 Å². The van der Waals surface area contributed by atoms with Gasteiger partial charge in [-0.2, -0.15) is 0 Å². The van der Waals surface area contributed by atoms with Gasteiger partial charge >= 0.3 is 5.97 Å². The summed E-state index contributed by atoms with van der Waals surface area (Å²) in [6, 6.07) is 12.1. The molecule has 0 fully saturated rings. The smallest absolute Gasteiger partial charge is 0.345 e. The third kappa shape index (κ3) is 2.82. The van der Waals surface area contributed by atoms with Gasteiger partial charge in [-0.1, -0.05) is 35.9 Å². The van der Waals surface area contributed by atoms with Crippen LogP contribution in [0.25, 0.3) is 0 Å². The van der Waals surface area contributed by atoms with E-state index in [1.807, 2.05) is 19.1 Å².